The Labute approximate surface area is 128 Å². The van der Waals surface area contributed by atoms with Crippen molar-refractivity contribution >= 4 is 17.4 Å². The number of benzene rings is 2. The molecule has 0 fully saturated rings. The highest BCUT2D eigenvalue weighted by atomic mass is 32.2. The number of nitro groups is 1. The third-order valence-corrected chi connectivity index (χ3v) is 4.37. The van der Waals surface area contributed by atoms with Crippen LogP contribution in [-0.4, -0.2) is 25.6 Å². The van der Waals surface area contributed by atoms with E-state index < -0.39 is 0 Å². The standard InChI is InChI=1S/C16H18N2O2S/c1-17(2)14-10-8-13(9-11-14)16(12-18(19)20)21-15-6-4-3-5-7-15/h3-11,16H,12H2,1-2H3. The Morgan fingerprint density at radius 2 is 1.71 bits per heavy atom. The maximum atomic E-state index is 10.9. The Hall–Kier alpha value is -2.01. The van der Waals surface area contributed by atoms with Crippen LogP contribution in [0.25, 0.3) is 0 Å². The molecule has 0 aliphatic carbocycles. The van der Waals surface area contributed by atoms with Gasteiger partial charge in [0, 0.05) is 29.6 Å². The lowest BCUT2D eigenvalue weighted by Crippen LogP contribution is -2.11. The van der Waals surface area contributed by atoms with Gasteiger partial charge in [-0.25, -0.2) is 0 Å². The van der Waals surface area contributed by atoms with Gasteiger partial charge in [-0.1, -0.05) is 30.3 Å². The molecule has 5 heteroatoms. The molecule has 0 heterocycles. The average Bonchev–Trinajstić information content (AvgIpc) is 2.47. The van der Waals surface area contributed by atoms with Gasteiger partial charge in [-0.15, -0.1) is 11.8 Å². The summed E-state index contributed by atoms with van der Waals surface area (Å²) in [6.07, 6.45) is 0. The molecule has 0 spiro atoms. The second-order valence-electron chi connectivity index (χ2n) is 4.92. The van der Waals surface area contributed by atoms with Crippen LogP contribution in [-0.2, 0) is 0 Å². The van der Waals surface area contributed by atoms with E-state index in [1.165, 1.54) is 11.8 Å². The van der Waals surface area contributed by atoms with Gasteiger partial charge >= 0.3 is 0 Å². The van der Waals surface area contributed by atoms with Gasteiger partial charge in [0.25, 0.3) is 0 Å². The van der Waals surface area contributed by atoms with Crippen LogP contribution in [0.1, 0.15) is 10.8 Å². The number of anilines is 1. The molecule has 0 bridgehead atoms. The molecule has 0 aliphatic rings. The summed E-state index contributed by atoms with van der Waals surface area (Å²) in [7, 11) is 3.95. The Balaban J connectivity index is 2.21. The van der Waals surface area contributed by atoms with E-state index in [0.717, 1.165) is 16.1 Å². The topological polar surface area (TPSA) is 46.4 Å². The van der Waals surface area contributed by atoms with Crippen LogP contribution >= 0.6 is 11.8 Å². The van der Waals surface area contributed by atoms with Crippen molar-refractivity contribution in [2.45, 2.75) is 10.1 Å². The quantitative estimate of drug-likeness (QED) is 0.462. The van der Waals surface area contributed by atoms with Crippen molar-refractivity contribution in [3.8, 4) is 0 Å². The van der Waals surface area contributed by atoms with Crippen LogP contribution < -0.4 is 4.90 Å². The molecule has 2 aromatic carbocycles. The van der Waals surface area contributed by atoms with E-state index in [1.54, 1.807) is 0 Å². The van der Waals surface area contributed by atoms with Crippen molar-refractivity contribution in [3.63, 3.8) is 0 Å². The van der Waals surface area contributed by atoms with Gasteiger partial charge in [0.15, 0.2) is 0 Å². The third-order valence-electron chi connectivity index (χ3n) is 3.12. The number of thioether (sulfide) groups is 1. The van der Waals surface area contributed by atoms with Gasteiger partial charge in [-0.3, -0.25) is 10.1 Å². The zero-order chi connectivity index (χ0) is 15.2. The van der Waals surface area contributed by atoms with Crippen molar-refractivity contribution in [2.75, 3.05) is 25.5 Å². The minimum Gasteiger partial charge on any atom is -0.378 e. The minimum atomic E-state index is -0.250. The summed E-state index contributed by atoms with van der Waals surface area (Å²) < 4.78 is 0. The molecule has 0 amide bonds. The van der Waals surface area contributed by atoms with E-state index in [2.05, 4.69) is 0 Å². The van der Waals surface area contributed by atoms with Crippen LogP contribution in [0.3, 0.4) is 0 Å². The fourth-order valence-electron chi connectivity index (χ4n) is 2.00. The zero-order valence-electron chi connectivity index (χ0n) is 12.1. The first-order valence-electron chi connectivity index (χ1n) is 6.67. The van der Waals surface area contributed by atoms with E-state index in [0.29, 0.717) is 0 Å². The van der Waals surface area contributed by atoms with Crippen LogP contribution in [0.5, 0.6) is 0 Å². The first-order valence-corrected chi connectivity index (χ1v) is 7.55. The Bertz CT molecular complexity index is 585. The van der Waals surface area contributed by atoms with Gasteiger partial charge in [-0.05, 0) is 29.8 Å². The molecule has 21 heavy (non-hydrogen) atoms. The Kier molecular flexibility index (Phi) is 5.22. The molecule has 110 valence electrons. The highest BCUT2D eigenvalue weighted by Crippen LogP contribution is 2.35. The van der Waals surface area contributed by atoms with Crippen LogP contribution in [0.15, 0.2) is 59.5 Å². The second-order valence-corrected chi connectivity index (χ2v) is 6.20. The highest BCUT2D eigenvalue weighted by molar-refractivity contribution is 7.99. The molecule has 4 nitrogen and oxygen atoms in total. The van der Waals surface area contributed by atoms with Crippen molar-refractivity contribution in [3.05, 3.63) is 70.3 Å². The van der Waals surface area contributed by atoms with Gasteiger partial charge in [0.1, 0.15) is 0 Å². The van der Waals surface area contributed by atoms with Crippen molar-refractivity contribution < 1.29 is 4.92 Å². The molecule has 2 rings (SSSR count). The highest BCUT2D eigenvalue weighted by Gasteiger charge is 2.19. The molecule has 0 aliphatic heterocycles. The molecule has 0 N–H and O–H groups in total. The van der Waals surface area contributed by atoms with Gasteiger partial charge in [-0.2, -0.15) is 0 Å². The third kappa shape index (κ3) is 4.49. The lowest BCUT2D eigenvalue weighted by molar-refractivity contribution is -0.479. The van der Waals surface area contributed by atoms with E-state index in [9.17, 15) is 10.1 Å². The normalized spacial score (nSPS) is 11.9. The summed E-state index contributed by atoms with van der Waals surface area (Å²) in [5.41, 5.74) is 2.06. The molecule has 1 unspecified atom stereocenters. The monoisotopic (exact) mass is 302 g/mol. The summed E-state index contributed by atoms with van der Waals surface area (Å²) in [5.74, 6) is 0. The summed E-state index contributed by atoms with van der Waals surface area (Å²) in [6, 6.07) is 17.7. The maximum Gasteiger partial charge on any atom is 0.220 e. The predicted octanol–water partition coefficient (Wildman–Crippen LogP) is 3.86. The SMILES string of the molecule is CN(C)c1ccc(C(C[N+](=O)[O-])Sc2ccccc2)cc1. The zero-order valence-corrected chi connectivity index (χ0v) is 12.9. The van der Waals surface area contributed by atoms with Crippen LogP contribution in [0.4, 0.5) is 5.69 Å². The summed E-state index contributed by atoms with van der Waals surface area (Å²) in [5, 5.41) is 10.8. The van der Waals surface area contributed by atoms with E-state index in [4.69, 9.17) is 0 Å². The van der Waals surface area contributed by atoms with Gasteiger partial charge in [0.2, 0.25) is 6.54 Å². The molecule has 1 atom stereocenters. The lowest BCUT2D eigenvalue weighted by atomic mass is 10.1. The molecule has 0 saturated heterocycles. The molecular formula is C16H18N2O2S. The fraction of sp³-hybridized carbons (Fsp3) is 0.250. The largest absolute Gasteiger partial charge is 0.378 e. The minimum absolute atomic E-state index is 0.0825. The number of rotatable bonds is 6. The van der Waals surface area contributed by atoms with E-state index in [-0.39, 0.29) is 16.7 Å². The number of nitrogens with zero attached hydrogens (tertiary/aromatic N) is 2. The summed E-state index contributed by atoms with van der Waals surface area (Å²) in [6.45, 7) is -0.0825. The lowest BCUT2D eigenvalue weighted by Gasteiger charge is -2.16. The fourth-order valence-corrected chi connectivity index (χ4v) is 3.13. The molecule has 0 radical (unpaired) electrons. The van der Waals surface area contributed by atoms with E-state index in [1.807, 2.05) is 73.6 Å². The molecule has 0 aromatic heterocycles. The van der Waals surface area contributed by atoms with E-state index >= 15 is 0 Å². The van der Waals surface area contributed by atoms with Crippen molar-refractivity contribution in [1.29, 1.82) is 0 Å². The summed E-state index contributed by atoms with van der Waals surface area (Å²) >= 11 is 1.53. The van der Waals surface area contributed by atoms with Gasteiger partial charge in [0.05, 0.1) is 5.25 Å². The number of hydrogen-bond donors (Lipinski definition) is 0. The predicted molar refractivity (Wildman–Crippen MR) is 87.7 cm³/mol. The van der Waals surface area contributed by atoms with Crippen LogP contribution in [0, 0.1) is 10.1 Å². The first kappa shape index (κ1) is 15.4. The van der Waals surface area contributed by atoms with Crippen molar-refractivity contribution in [1.82, 2.24) is 0 Å². The van der Waals surface area contributed by atoms with Crippen molar-refractivity contribution in [2.24, 2.45) is 0 Å². The number of hydrogen-bond acceptors (Lipinski definition) is 4. The smallest absolute Gasteiger partial charge is 0.220 e. The second kappa shape index (κ2) is 7.13. The Morgan fingerprint density at radius 3 is 2.24 bits per heavy atom. The van der Waals surface area contributed by atoms with Crippen LogP contribution in [0.2, 0.25) is 0 Å². The maximum absolute atomic E-state index is 10.9. The Morgan fingerprint density at radius 1 is 1.10 bits per heavy atom. The average molecular weight is 302 g/mol. The molecule has 2 aromatic rings. The van der Waals surface area contributed by atoms with Gasteiger partial charge < -0.3 is 4.90 Å². The summed E-state index contributed by atoms with van der Waals surface area (Å²) in [4.78, 5) is 13.7. The molecule has 0 saturated carbocycles. The molecular weight excluding hydrogens is 284 g/mol. The first-order chi connectivity index (χ1) is 10.1.